The fraction of sp³-hybridized carbons (Fsp3) is 0.700. The fourth-order valence-electron chi connectivity index (χ4n) is 0.961. The maximum Gasteiger partial charge on any atom is 0.316 e. The molecule has 0 aliphatic heterocycles. The zero-order chi connectivity index (χ0) is 13.8. The van der Waals surface area contributed by atoms with Crippen molar-refractivity contribution < 1.29 is 19.1 Å². The molecular weight excluding hydrogens is 240 g/mol. The topological polar surface area (TPSA) is 109 Å². The molecule has 0 aliphatic rings. The quantitative estimate of drug-likeness (QED) is 0.315. The summed E-state index contributed by atoms with van der Waals surface area (Å²) in [6, 6.07) is -0.412. The highest BCUT2D eigenvalue weighted by atomic mass is 16.5. The van der Waals surface area contributed by atoms with Crippen LogP contribution in [0.4, 0.5) is 4.79 Å². The van der Waals surface area contributed by atoms with Gasteiger partial charge in [-0.2, -0.15) is 0 Å². The molecule has 8 heteroatoms. The van der Waals surface area contributed by atoms with E-state index in [9.17, 15) is 14.4 Å². The third kappa shape index (κ3) is 10.7. The minimum Gasteiger partial charge on any atom is -0.370 e. The lowest BCUT2D eigenvalue weighted by molar-refractivity contribution is -0.125. The number of carbonyl (C=O) groups is 3. The van der Waals surface area contributed by atoms with Crippen molar-refractivity contribution in [3.8, 4) is 0 Å². The van der Waals surface area contributed by atoms with Crippen LogP contribution in [0.2, 0.25) is 0 Å². The number of urea groups is 1. The van der Waals surface area contributed by atoms with E-state index in [4.69, 9.17) is 4.74 Å². The van der Waals surface area contributed by atoms with Crippen molar-refractivity contribution >= 4 is 17.8 Å². The van der Waals surface area contributed by atoms with Crippen molar-refractivity contribution in [2.45, 2.75) is 13.8 Å². The molecule has 0 atom stereocenters. The molecule has 0 bridgehead atoms. The third-order valence-electron chi connectivity index (χ3n) is 1.73. The minimum atomic E-state index is -0.412. The van der Waals surface area contributed by atoms with Crippen molar-refractivity contribution in [3.05, 3.63) is 0 Å². The van der Waals surface area contributed by atoms with Gasteiger partial charge in [0, 0.05) is 20.0 Å². The van der Waals surface area contributed by atoms with Gasteiger partial charge in [0.05, 0.1) is 13.3 Å². The maximum absolute atomic E-state index is 11.1. The van der Waals surface area contributed by atoms with Gasteiger partial charge in [0.2, 0.25) is 11.8 Å². The van der Waals surface area contributed by atoms with Crippen LogP contribution in [0.5, 0.6) is 0 Å². The Kier molecular flexibility index (Phi) is 9.28. The smallest absolute Gasteiger partial charge is 0.316 e. The van der Waals surface area contributed by atoms with Crippen LogP contribution < -0.4 is 21.3 Å². The largest absolute Gasteiger partial charge is 0.370 e. The standard InChI is InChI=1S/C10H20N4O4/c1-3-11-9(16)6-18-5-4-12-10(17)14-7-13-8(2)15/h3-7H2,1-2H3,(H,11,16)(H,13,15)(H2,12,14,17). The molecule has 0 rings (SSSR count). The number of hydrogen-bond acceptors (Lipinski definition) is 4. The first-order chi connectivity index (χ1) is 8.56. The molecule has 18 heavy (non-hydrogen) atoms. The van der Waals surface area contributed by atoms with Crippen LogP contribution >= 0.6 is 0 Å². The lowest BCUT2D eigenvalue weighted by Crippen LogP contribution is -2.43. The summed E-state index contributed by atoms with van der Waals surface area (Å²) < 4.78 is 5.02. The lowest BCUT2D eigenvalue weighted by Gasteiger charge is -2.08. The van der Waals surface area contributed by atoms with E-state index in [2.05, 4.69) is 21.3 Å². The average Bonchev–Trinajstić information content (AvgIpc) is 2.28. The molecule has 0 unspecified atom stereocenters. The SMILES string of the molecule is CCNC(=O)COCCNC(=O)NCNC(C)=O. The van der Waals surface area contributed by atoms with E-state index < -0.39 is 6.03 Å². The maximum atomic E-state index is 11.1. The van der Waals surface area contributed by atoms with E-state index in [0.717, 1.165) is 0 Å². The van der Waals surface area contributed by atoms with Gasteiger partial charge in [0.1, 0.15) is 6.61 Å². The van der Waals surface area contributed by atoms with E-state index in [1.807, 2.05) is 6.92 Å². The summed E-state index contributed by atoms with van der Waals surface area (Å²) in [5, 5.41) is 9.91. The molecule has 0 radical (unpaired) electrons. The summed E-state index contributed by atoms with van der Waals surface area (Å²) in [6.45, 7) is 4.31. The van der Waals surface area contributed by atoms with E-state index in [-0.39, 0.29) is 38.2 Å². The van der Waals surface area contributed by atoms with Crippen molar-refractivity contribution in [1.29, 1.82) is 0 Å². The van der Waals surface area contributed by atoms with Gasteiger partial charge < -0.3 is 26.0 Å². The van der Waals surface area contributed by atoms with Gasteiger partial charge in [-0.3, -0.25) is 9.59 Å². The Morgan fingerprint density at radius 2 is 1.78 bits per heavy atom. The van der Waals surface area contributed by atoms with Gasteiger partial charge in [-0.15, -0.1) is 0 Å². The van der Waals surface area contributed by atoms with Gasteiger partial charge in [0.15, 0.2) is 0 Å². The predicted octanol–water partition coefficient (Wildman–Crippen LogP) is -1.47. The van der Waals surface area contributed by atoms with Gasteiger partial charge in [0.25, 0.3) is 0 Å². The number of hydrogen-bond donors (Lipinski definition) is 4. The first-order valence-corrected chi connectivity index (χ1v) is 5.66. The first kappa shape index (κ1) is 16.2. The molecule has 0 aromatic heterocycles. The molecular formula is C10H20N4O4. The van der Waals surface area contributed by atoms with Crippen molar-refractivity contribution in [2.75, 3.05) is 33.0 Å². The molecule has 0 heterocycles. The van der Waals surface area contributed by atoms with Crippen molar-refractivity contribution in [3.63, 3.8) is 0 Å². The van der Waals surface area contributed by atoms with E-state index in [1.165, 1.54) is 6.92 Å². The van der Waals surface area contributed by atoms with Crippen LogP contribution in [0, 0.1) is 0 Å². The van der Waals surface area contributed by atoms with Gasteiger partial charge in [-0.05, 0) is 6.92 Å². The third-order valence-corrected chi connectivity index (χ3v) is 1.73. The summed E-state index contributed by atoms with van der Waals surface area (Å²) in [6.07, 6.45) is 0. The molecule has 104 valence electrons. The highest BCUT2D eigenvalue weighted by Gasteiger charge is 2.00. The van der Waals surface area contributed by atoms with E-state index >= 15 is 0 Å². The number of likely N-dealkylation sites (N-methyl/N-ethyl adjacent to an activating group) is 1. The predicted molar refractivity (Wildman–Crippen MR) is 64.7 cm³/mol. The fourth-order valence-corrected chi connectivity index (χ4v) is 0.961. The monoisotopic (exact) mass is 260 g/mol. The molecule has 0 spiro atoms. The van der Waals surface area contributed by atoms with Crippen LogP contribution in [0.15, 0.2) is 0 Å². The zero-order valence-corrected chi connectivity index (χ0v) is 10.7. The Labute approximate surface area is 106 Å². The zero-order valence-electron chi connectivity index (χ0n) is 10.7. The number of ether oxygens (including phenoxy) is 1. The second-order valence-electron chi connectivity index (χ2n) is 3.35. The van der Waals surface area contributed by atoms with Gasteiger partial charge in [-0.1, -0.05) is 0 Å². The summed E-state index contributed by atoms with van der Waals surface area (Å²) >= 11 is 0. The number of nitrogens with one attached hydrogen (secondary N) is 4. The molecule has 0 aromatic rings. The molecule has 8 nitrogen and oxygen atoms in total. The summed E-state index contributed by atoms with van der Waals surface area (Å²) in [4.78, 5) is 32.6. The van der Waals surface area contributed by atoms with E-state index in [1.54, 1.807) is 0 Å². The molecule has 0 saturated heterocycles. The Morgan fingerprint density at radius 1 is 1.06 bits per heavy atom. The van der Waals surface area contributed by atoms with Crippen LogP contribution in [-0.4, -0.2) is 50.8 Å². The molecule has 0 fully saturated rings. The highest BCUT2D eigenvalue weighted by molar-refractivity contribution is 5.77. The molecule has 4 N–H and O–H groups in total. The van der Waals surface area contributed by atoms with Crippen molar-refractivity contribution in [1.82, 2.24) is 21.3 Å². The normalized spacial score (nSPS) is 9.44. The summed E-state index contributed by atoms with van der Waals surface area (Å²) in [5.41, 5.74) is 0. The molecule has 4 amide bonds. The Balaban J connectivity index is 3.35. The molecule has 0 aromatic carbocycles. The average molecular weight is 260 g/mol. The van der Waals surface area contributed by atoms with Crippen LogP contribution in [0.3, 0.4) is 0 Å². The number of amides is 4. The Bertz CT molecular complexity index is 283. The lowest BCUT2D eigenvalue weighted by atomic mass is 10.6. The summed E-state index contributed by atoms with van der Waals surface area (Å²) in [7, 11) is 0. The van der Waals surface area contributed by atoms with Gasteiger partial charge >= 0.3 is 6.03 Å². The van der Waals surface area contributed by atoms with E-state index in [0.29, 0.717) is 6.54 Å². The second-order valence-corrected chi connectivity index (χ2v) is 3.35. The van der Waals surface area contributed by atoms with Gasteiger partial charge in [-0.25, -0.2) is 4.79 Å². The second kappa shape index (κ2) is 10.3. The number of carbonyl (C=O) groups excluding carboxylic acids is 3. The first-order valence-electron chi connectivity index (χ1n) is 5.66. The molecule has 0 aliphatic carbocycles. The van der Waals surface area contributed by atoms with Crippen LogP contribution in [0.1, 0.15) is 13.8 Å². The highest BCUT2D eigenvalue weighted by Crippen LogP contribution is 1.75. The summed E-state index contributed by atoms with van der Waals surface area (Å²) in [5.74, 6) is -0.409. The van der Waals surface area contributed by atoms with Crippen LogP contribution in [0.25, 0.3) is 0 Å². The molecule has 0 saturated carbocycles. The minimum absolute atomic E-state index is 0.0248. The number of rotatable bonds is 8. The Hall–Kier alpha value is -1.83. The van der Waals surface area contributed by atoms with Crippen LogP contribution in [-0.2, 0) is 14.3 Å². The van der Waals surface area contributed by atoms with Crippen molar-refractivity contribution in [2.24, 2.45) is 0 Å². The Morgan fingerprint density at radius 3 is 2.39 bits per heavy atom.